The van der Waals surface area contributed by atoms with Crippen LogP contribution in [0.2, 0.25) is 0 Å². The summed E-state index contributed by atoms with van der Waals surface area (Å²) in [7, 11) is 0. The molecule has 154 valence electrons. The standard InChI is InChI=1S/C24H14N4O3S/c29-23-17-3-1-2-4-18(17)24(30)22-21(23)26-28(31)27(22)12-14-5-7-15(8-6-14)16-9-10-20-19(11-16)25-13-32-20/h1-11,13H,12H2. The number of aromatic nitrogens is 4. The van der Waals surface area contributed by atoms with E-state index >= 15 is 0 Å². The Labute approximate surface area is 185 Å². The van der Waals surface area contributed by atoms with E-state index in [1.54, 1.807) is 35.6 Å². The Bertz CT molecular complexity index is 1550. The predicted molar refractivity (Wildman–Crippen MR) is 119 cm³/mol. The summed E-state index contributed by atoms with van der Waals surface area (Å²) in [6.45, 7) is 0.123. The summed E-state index contributed by atoms with van der Waals surface area (Å²) in [5.74, 6) is -0.781. The maximum Gasteiger partial charge on any atom is 0.220 e. The van der Waals surface area contributed by atoms with Gasteiger partial charge in [-0.15, -0.1) is 16.0 Å². The van der Waals surface area contributed by atoms with E-state index in [4.69, 9.17) is 0 Å². The summed E-state index contributed by atoms with van der Waals surface area (Å²) < 4.78 is 2.35. The smallest absolute Gasteiger partial charge is 0.220 e. The fourth-order valence-corrected chi connectivity index (χ4v) is 4.72. The number of fused-ring (bicyclic) bond motifs is 3. The molecular weight excluding hydrogens is 424 g/mol. The molecule has 1 aliphatic carbocycles. The number of carbonyl (C=O) groups is 2. The monoisotopic (exact) mass is 438 g/mol. The van der Waals surface area contributed by atoms with E-state index in [-0.39, 0.29) is 29.3 Å². The number of thiazole rings is 1. The summed E-state index contributed by atoms with van der Waals surface area (Å²) >= 11 is 1.60. The zero-order chi connectivity index (χ0) is 21.8. The molecule has 0 N–H and O–H groups in total. The SMILES string of the molecule is O=C1c2ccccc2C(=O)c2c1n[n+]([O-])n2Cc1ccc(-c2ccc3scnc3c2)cc1. The van der Waals surface area contributed by atoms with Crippen molar-refractivity contribution in [3.8, 4) is 11.1 Å². The van der Waals surface area contributed by atoms with Crippen LogP contribution in [-0.2, 0) is 6.54 Å². The molecule has 8 heteroatoms. The van der Waals surface area contributed by atoms with Crippen LogP contribution < -0.4 is 4.96 Å². The highest BCUT2D eigenvalue weighted by atomic mass is 32.1. The largest absolute Gasteiger partial charge is 0.571 e. The Morgan fingerprint density at radius 1 is 0.906 bits per heavy atom. The Kier molecular flexibility index (Phi) is 4.02. The van der Waals surface area contributed by atoms with Crippen LogP contribution in [0.25, 0.3) is 21.3 Å². The Balaban J connectivity index is 1.34. The third-order valence-electron chi connectivity index (χ3n) is 5.67. The van der Waals surface area contributed by atoms with Crippen LogP contribution in [0.4, 0.5) is 0 Å². The summed E-state index contributed by atoms with van der Waals surface area (Å²) in [5.41, 5.74) is 6.16. The van der Waals surface area contributed by atoms with E-state index in [9.17, 15) is 14.8 Å². The van der Waals surface area contributed by atoms with Gasteiger partial charge in [-0.25, -0.2) is 4.98 Å². The highest BCUT2D eigenvalue weighted by Gasteiger charge is 2.39. The number of hydrogen-bond acceptors (Lipinski definition) is 6. The molecule has 6 rings (SSSR count). The molecule has 0 aliphatic heterocycles. The molecule has 2 heterocycles. The van der Waals surface area contributed by atoms with Crippen molar-refractivity contribution in [2.45, 2.75) is 6.54 Å². The van der Waals surface area contributed by atoms with Crippen molar-refractivity contribution in [1.29, 1.82) is 0 Å². The van der Waals surface area contributed by atoms with Crippen molar-refractivity contribution >= 4 is 33.1 Å². The second-order valence-electron chi connectivity index (χ2n) is 7.54. The van der Waals surface area contributed by atoms with Gasteiger partial charge in [-0.2, -0.15) is 0 Å². The summed E-state index contributed by atoms with van der Waals surface area (Å²) in [4.78, 5) is 30.5. The quantitative estimate of drug-likeness (QED) is 0.311. The molecule has 0 bridgehead atoms. The van der Waals surface area contributed by atoms with Gasteiger partial charge in [0.25, 0.3) is 0 Å². The molecule has 0 atom stereocenters. The number of hydrogen-bond donors (Lipinski definition) is 0. The number of carbonyl (C=O) groups excluding carboxylic acids is 2. The van der Waals surface area contributed by atoms with Gasteiger partial charge >= 0.3 is 0 Å². The van der Waals surface area contributed by atoms with Crippen molar-refractivity contribution in [3.63, 3.8) is 0 Å². The lowest BCUT2D eigenvalue weighted by Crippen LogP contribution is -2.41. The predicted octanol–water partition coefficient (Wildman–Crippen LogP) is 3.62. The minimum absolute atomic E-state index is 0.0294. The molecule has 0 spiro atoms. The molecule has 32 heavy (non-hydrogen) atoms. The van der Waals surface area contributed by atoms with Crippen LogP contribution in [0.15, 0.2) is 72.2 Å². The number of benzene rings is 3. The van der Waals surface area contributed by atoms with Crippen LogP contribution in [0.1, 0.15) is 37.7 Å². The summed E-state index contributed by atoms with van der Waals surface area (Å²) in [5, 5.41) is 16.3. The van der Waals surface area contributed by atoms with E-state index in [0.717, 1.165) is 26.9 Å². The minimum Gasteiger partial charge on any atom is -0.571 e. The normalized spacial score (nSPS) is 12.8. The van der Waals surface area contributed by atoms with Gasteiger partial charge < -0.3 is 5.21 Å². The van der Waals surface area contributed by atoms with E-state index in [0.29, 0.717) is 10.5 Å². The molecule has 0 saturated carbocycles. The molecule has 0 amide bonds. The molecule has 0 radical (unpaired) electrons. The first-order valence-electron chi connectivity index (χ1n) is 9.92. The maximum absolute atomic E-state index is 13.0. The first-order chi connectivity index (χ1) is 15.6. The summed E-state index contributed by atoms with van der Waals surface area (Å²) in [6.07, 6.45) is 0. The fourth-order valence-electron chi connectivity index (χ4n) is 4.06. The Morgan fingerprint density at radius 2 is 1.62 bits per heavy atom. The van der Waals surface area contributed by atoms with Crippen molar-refractivity contribution in [1.82, 2.24) is 14.8 Å². The topological polar surface area (TPSA) is 91.8 Å². The number of rotatable bonds is 3. The molecule has 0 fully saturated rings. The van der Waals surface area contributed by atoms with Gasteiger partial charge in [0.15, 0.2) is 5.69 Å². The fraction of sp³-hybridized carbons (Fsp3) is 0.0417. The first kappa shape index (κ1) is 18.6. The van der Waals surface area contributed by atoms with Crippen molar-refractivity contribution in [3.05, 3.63) is 106 Å². The average molecular weight is 438 g/mol. The number of nitrogens with zero attached hydrogens (tertiary/aromatic N) is 4. The highest BCUT2D eigenvalue weighted by Crippen LogP contribution is 2.28. The lowest BCUT2D eigenvalue weighted by molar-refractivity contribution is -0.748. The van der Waals surface area contributed by atoms with E-state index in [1.807, 2.05) is 35.8 Å². The van der Waals surface area contributed by atoms with Gasteiger partial charge in [-0.05, 0) is 28.8 Å². The van der Waals surface area contributed by atoms with Gasteiger partial charge in [-0.3, -0.25) is 9.59 Å². The summed E-state index contributed by atoms with van der Waals surface area (Å²) in [6, 6.07) is 20.4. The third kappa shape index (κ3) is 2.77. The van der Waals surface area contributed by atoms with Gasteiger partial charge in [0.1, 0.15) is 6.54 Å². The van der Waals surface area contributed by atoms with E-state index in [1.165, 1.54) is 4.68 Å². The molecule has 1 aliphatic rings. The van der Waals surface area contributed by atoms with Crippen molar-refractivity contribution < 1.29 is 14.5 Å². The zero-order valence-corrected chi connectivity index (χ0v) is 17.4. The highest BCUT2D eigenvalue weighted by molar-refractivity contribution is 7.16. The van der Waals surface area contributed by atoms with Crippen LogP contribution in [0, 0.1) is 5.21 Å². The zero-order valence-electron chi connectivity index (χ0n) is 16.6. The molecule has 7 nitrogen and oxygen atoms in total. The molecule has 2 aromatic heterocycles. The van der Waals surface area contributed by atoms with E-state index < -0.39 is 5.78 Å². The first-order valence-corrected chi connectivity index (χ1v) is 10.8. The van der Waals surface area contributed by atoms with Gasteiger partial charge in [0.2, 0.25) is 17.3 Å². The lowest BCUT2D eigenvalue weighted by atomic mass is 9.90. The van der Waals surface area contributed by atoms with Crippen LogP contribution >= 0.6 is 11.3 Å². The maximum atomic E-state index is 13.0. The third-order valence-corrected chi connectivity index (χ3v) is 6.48. The molecule has 5 aromatic rings. The van der Waals surface area contributed by atoms with Crippen LogP contribution in [0.3, 0.4) is 0 Å². The lowest BCUT2D eigenvalue weighted by Gasteiger charge is -2.12. The average Bonchev–Trinajstić information content (AvgIpc) is 3.42. The van der Waals surface area contributed by atoms with Gasteiger partial charge in [0.05, 0.1) is 15.7 Å². The Morgan fingerprint density at radius 3 is 2.41 bits per heavy atom. The minimum atomic E-state index is -0.411. The second kappa shape index (κ2) is 6.93. The second-order valence-corrected chi connectivity index (χ2v) is 8.43. The number of ketones is 2. The molecule has 3 aromatic carbocycles. The molecular formula is C24H14N4O3S. The van der Waals surface area contributed by atoms with Crippen molar-refractivity contribution in [2.24, 2.45) is 0 Å². The van der Waals surface area contributed by atoms with Gasteiger partial charge in [0, 0.05) is 21.2 Å². The Hall–Kier alpha value is -4.17. The molecule has 0 saturated heterocycles. The van der Waals surface area contributed by atoms with E-state index in [2.05, 4.69) is 22.2 Å². The van der Waals surface area contributed by atoms with Gasteiger partial charge in [-0.1, -0.05) is 54.6 Å². The van der Waals surface area contributed by atoms with Crippen molar-refractivity contribution in [2.75, 3.05) is 0 Å². The van der Waals surface area contributed by atoms with Crippen LogP contribution in [-0.4, -0.2) is 26.3 Å². The molecule has 0 unspecified atom stereocenters. The van der Waals surface area contributed by atoms with Crippen LogP contribution in [0.5, 0.6) is 0 Å².